The first kappa shape index (κ1) is 10.0. The third-order valence-corrected chi connectivity index (χ3v) is 1.32. The van der Waals surface area contributed by atoms with Crippen LogP contribution in [0, 0.1) is 11.3 Å². The lowest BCUT2D eigenvalue weighted by molar-refractivity contribution is 0.342. The van der Waals surface area contributed by atoms with Crippen LogP contribution in [0.1, 0.15) is 0 Å². The first-order valence-corrected chi connectivity index (χ1v) is 3.04. The van der Waals surface area contributed by atoms with E-state index in [0.29, 0.717) is 6.54 Å². The Hall–Kier alpha value is -0.950. The molecule has 1 aliphatic rings. The van der Waals surface area contributed by atoms with Gasteiger partial charge in [-0.05, 0) is 6.20 Å². The van der Waals surface area contributed by atoms with Gasteiger partial charge in [0.1, 0.15) is 6.54 Å². The third-order valence-electron chi connectivity index (χ3n) is 1.32. The monoisotopic (exact) mass is 215 g/mol. The van der Waals surface area contributed by atoms with Gasteiger partial charge in [0, 0.05) is 12.4 Å². The van der Waals surface area contributed by atoms with Gasteiger partial charge in [0.25, 0.3) is 0 Å². The van der Waals surface area contributed by atoms with E-state index < -0.39 is 0 Å². The normalized spacial score (nSPS) is 14.1. The molecule has 0 aromatic carbocycles. The number of hydrogen-bond acceptors (Lipinski definition) is 3. The van der Waals surface area contributed by atoms with Gasteiger partial charge in [-0.15, -0.1) is 17.0 Å². The maximum atomic E-state index is 8.32. The molecule has 0 bridgehead atoms. The molecule has 0 aromatic heterocycles. The van der Waals surface area contributed by atoms with Crippen molar-refractivity contribution in [2.45, 2.75) is 0 Å². The maximum Gasteiger partial charge on any atom is 0.107 e. The minimum absolute atomic E-state index is 0. The van der Waals surface area contributed by atoms with Crippen molar-refractivity contribution in [2.24, 2.45) is 0 Å². The van der Waals surface area contributed by atoms with Crippen molar-refractivity contribution < 1.29 is 0 Å². The fourth-order valence-electron chi connectivity index (χ4n) is 0.796. The fraction of sp³-hybridized carbons (Fsp3) is 0.286. The van der Waals surface area contributed by atoms with E-state index in [0.717, 1.165) is 6.67 Å². The predicted molar refractivity (Wildman–Crippen MR) is 48.7 cm³/mol. The molecule has 0 amide bonds. The highest BCUT2D eigenvalue weighted by molar-refractivity contribution is 8.93. The summed E-state index contributed by atoms with van der Waals surface area (Å²) in [6.45, 7) is 4.79. The van der Waals surface area contributed by atoms with Crippen LogP contribution in [0.4, 0.5) is 0 Å². The Bertz CT molecular complexity index is 194. The molecular weight excluding hydrogens is 206 g/mol. The molecule has 0 fully saturated rings. The molecule has 0 radical (unpaired) electrons. The second-order valence-electron chi connectivity index (χ2n) is 2.04. The zero-order valence-corrected chi connectivity index (χ0v) is 7.82. The molecule has 1 rings (SSSR count). The molecule has 0 atom stereocenters. The van der Waals surface area contributed by atoms with Gasteiger partial charge in [0.15, 0.2) is 0 Å². The summed E-state index contributed by atoms with van der Waals surface area (Å²) >= 11 is 0. The van der Waals surface area contributed by atoms with Crippen molar-refractivity contribution in [3.8, 4) is 6.07 Å². The molecule has 11 heavy (non-hydrogen) atoms. The summed E-state index contributed by atoms with van der Waals surface area (Å²) in [6.07, 6.45) is 5.50. The van der Waals surface area contributed by atoms with Crippen molar-refractivity contribution in [2.75, 3.05) is 13.2 Å². The lowest BCUT2D eigenvalue weighted by atomic mass is 10.6. The quantitative estimate of drug-likeness (QED) is 0.651. The van der Waals surface area contributed by atoms with E-state index in [9.17, 15) is 0 Å². The summed E-state index contributed by atoms with van der Waals surface area (Å²) in [7, 11) is 0. The predicted octanol–water partition coefficient (Wildman–Crippen LogP) is 1.28. The van der Waals surface area contributed by atoms with E-state index in [1.165, 1.54) is 0 Å². The largest absolute Gasteiger partial charge is 0.345 e. The number of hydrogen-bond donors (Lipinski definition) is 0. The standard InChI is InChI=1S/C7H9N3.BrH/c1-2-9-5-6-10(7-9)4-3-8;/h2,5-6H,1,4,7H2;1H. The second-order valence-corrected chi connectivity index (χ2v) is 2.04. The highest BCUT2D eigenvalue weighted by Gasteiger charge is 2.07. The Kier molecular flexibility index (Phi) is 4.39. The number of nitriles is 1. The van der Waals surface area contributed by atoms with Crippen LogP contribution >= 0.6 is 17.0 Å². The molecule has 4 heteroatoms. The minimum atomic E-state index is 0. The van der Waals surface area contributed by atoms with Crippen molar-refractivity contribution in [1.82, 2.24) is 9.80 Å². The average Bonchev–Trinajstić information content (AvgIpc) is 2.37. The van der Waals surface area contributed by atoms with Crippen LogP contribution in [0.2, 0.25) is 0 Å². The molecule has 0 N–H and O–H groups in total. The average molecular weight is 216 g/mol. The lowest BCUT2D eigenvalue weighted by Crippen LogP contribution is -2.21. The molecule has 1 aliphatic heterocycles. The SMILES string of the molecule is Br.C=CN1C=CN(CC#N)C1. The maximum absolute atomic E-state index is 8.32. The van der Waals surface area contributed by atoms with Crippen LogP contribution in [0.3, 0.4) is 0 Å². The fourth-order valence-corrected chi connectivity index (χ4v) is 0.796. The number of halogens is 1. The first-order valence-electron chi connectivity index (χ1n) is 3.04. The molecule has 0 spiro atoms. The van der Waals surface area contributed by atoms with Crippen molar-refractivity contribution in [3.63, 3.8) is 0 Å². The Balaban J connectivity index is 0.000001000. The topological polar surface area (TPSA) is 30.3 Å². The summed E-state index contributed by atoms with van der Waals surface area (Å²) < 4.78 is 0. The van der Waals surface area contributed by atoms with E-state index in [1.807, 2.05) is 22.2 Å². The van der Waals surface area contributed by atoms with Crippen LogP contribution in [0.25, 0.3) is 0 Å². The number of nitrogens with zero attached hydrogens (tertiary/aromatic N) is 3. The van der Waals surface area contributed by atoms with Crippen LogP contribution in [-0.4, -0.2) is 23.0 Å². The van der Waals surface area contributed by atoms with Crippen molar-refractivity contribution in [1.29, 1.82) is 5.26 Å². The summed E-state index contributed by atoms with van der Waals surface area (Å²) in [6, 6.07) is 2.07. The summed E-state index contributed by atoms with van der Waals surface area (Å²) in [5.41, 5.74) is 0. The molecule has 0 saturated carbocycles. The van der Waals surface area contributed by atoms with E-state index in [1.54, 1.807) is 6.20 Å². The summed E-state index contributed by atoms with van der Waals surface area (Å²) in [5, 5.41) is 8.32. The van der Waals surface area contributed by atoms with E-state index in [2.05, 4.69) is 12.6 Å². The Labute approximate surface area is 77.0 Å². The molecule has 1 heterocycles. The molecule has 60 valence electrons. The smallest absolute Gasteiger partial charge is 0.107 e. The van der Waals surface area contributed by atoms with Gasteiger partial charge in [-0.2, -0.15) is 5.26 Å². The van der Waals surface area contributed by atoms with Crippen LogP contribution in [0.5, 0.6) is 0 Å². The van der Waals surface area contributed by atoms with Crippen LogP contribution in [0.15, 0.2) is 25.2 Å². The highest BCUT2D eigenvalue weighted by Crippen LogP contribution is 2.04. The molecular formula is C7H10BrN3. The summed E-state index contributed by atoms with van der Waals surface area (Å²) in [4.78, 5) is 3.82. The molecule has 3 nitrogen and oxygen atoms in total. The van der Waals surface area contributed by atoms with Gasteiger partial charge in [-0.25, -0.2) is 0 Å². The second kappa shape index (κ2) is 4.80. The minimum Gasteiger partial charge on any atom is -0.345 e. The van der Waals surface area contributed by atoms with E-state index >= 15 is 0 Å². The van der Waals surface area contributed by atoms with Crippen LogP contribution < -0.4 is 0 Å². The van der Waals surface area contributed by atoms with Gasteiger partial charge in [-0.3, -0.25) is 0 Å². The van der Waals surface area contributed by atoms with Gasteiger partial charge in [-0.1, -0.05) is 6.58 Å². The van der Waals surface area contributed by atoms with Crippen molar-refractivity contribution in [3.05, 3.63) is 25.2 Å². The Morgan fingerprint density at radius 1 is 1.64 bits per heavy atom. The lowest BCUT2D eigenvalue weighted by Gasteiger charge is -2.14. The Morgan fingerprint density at radius 3 is 2.82 bits per heavy atom. The van der Waals surface area contributed by atoms with Gasteiger partial charge in [0.2, 0.25) is 0 Å². The Morgan fingerprint density at radius 2 is 2.36 bits per heavy atom. The van der Waals surface area contributed by atoms with E-state index in [-0.39, 0.29) is 17.0 Å². The zero-order chi connectivity index (χ0) is 7.40. The molecule has 0 aromatic rings. The molecule has 0 unspecified atom stereocenters. The van der Waals surface area contributed by atoms with Gasteiger partial charge >= 0.3 is 0 Å². The molecule has 0 saturated heterocycles. The highest BCUT2D eigenvalue weighted by atomic mass is 79.9. The van der Waals surface area contributed by atoms with Gasteiger partial charge < -0.3 is 9.80 Å². The van der Waals surface area contributed by atoms with Crippen molar-refractivity contribution >= 4 is 17.0 Å². The third kappa shape index (κ3) is 2.64. The van der Waals surface area contributed by atoms with E-state index in [4.69, 9.17) is 5.26 Å². The zero-order valence-electron chi connectivity index (χ0n) is 6.10. The van der Waals surface area contributed by atoms with Crippen LogP contribution in [-0.2, 0) is 0 Å². The molecule has 0 aliphatic carbocycles. The first-order chi connectivity index (χ1) is 4.86. The van der Waals surface area contributed by atoms with Gasteiger partial charge in [0.05, 0.1) is 12.7 Å². The summed E-state index contributed by atoms with van der Waals surface area (Å²) in [5.74, 6) is 0. The number of rotatable bonds is 2.